The van der Waals surface area contributed by atoms with E-state index in [1.54, 1.807) is 6.07 Å². The quantitative estimate of drug-likeness (QED) is 0.218. The van der Waals surface area contributed by atoms with Gasteiger partial charge in [0.15, 0.2) is 0 Å². The number of para-hydroxylation sites is 1. The number of hydrogen-bond acceptors (Lipinski definition) is 2. The molecule has 0 spiro atoms. The first-order chi connectivity index (χ1) is 12.2. The van der Waals surface area contributed by atoms with Gasteiger partial charge in [-0.25, -0.2) is 0 Å². The second kappa shape index (κ2) is 17.6. The molecule has 3 N–H and O–H groups in total. The maximum Gasteiger partial charge on any atom is 0.138 e. The average Bonchev–Trinajstić information content (AvgIpc) is 2.62. The Bertz CT molecular complexity index is 393. The molecule has 0 bridgehead atoms. The van der Waals surface area contributed by atoms with Crippen molar-refractivity contribution in [1.29, 1.82) is 0 Å². The van der Waals surface area contributed by atoms with Gasteiger partial charge in [-0.1, -0.05) is 110 Å². The Morgan fingerprint density at radius 3 is 1.60 bits per heavy atom. The lowest BCUT2D eigenvalue weighted by atomic mass is 10.1. The summed E-state index contributed by atoms with van der Waals surface area (Å²) in [5.74, 6) is 0.203. The number of unbranched alkanes of at least 4 members (excludes halogenated alkanes) is 11. The van der Waals surface area contributed by atoms with Crippen molar-refractivity contribution in [3.63, 3.8) is 0 Å². The molecule has 1 aromatic carbocycles. The minimum absolute atomic E-state index is 0.203. The van der Waals surface area contributed by atoms with Gasteiger partial charge in [0.25, 0.3) is 0 Å². The van der Waals surface area contributed by atoms with E-state index in [-0.39, 0.29) is 5.75 Å². The van der Waals surface area contributed by atoms with E-state index in [0.29, 0.717) is 5.69 Å². The van der Waals surface area contributed by atoms with Gasteiger partial charge in [0.1, 0.15) is 5.75 Å². The van der Waals surface area contributed by atoms with E-state index >= 15 is 0 Å². The predicted octanol–water partition coefficient (Wildman–Crippen LogP) is 7.63. The average molecular weight is 350 g/mol. The van der Waals surface area contributed by atoms with Crippen LogP contribution in [0.4, 0.5) is 5.69 Å². The summed E-state index contributed by atoms with van der Waals surface area (Å²) >= 11 is 0. The fourth-order valence-electron chi connectivity index (χ4n) is 2.94. The molecule has 0 saturated carbocycles. The van der Waals surface area contributed by atoms with Crippen LogP contribution in [0.2, 0.25) is 0 Å². The smallest absolute Gasteiger partial charge is 0.138 e. The van der Waals surface area contributed by atoms with Gasteiger partial charge in [-0.2, -0.15) is 0 Å². The fourth-order valence-corrected chi connectivity index (χ4v) is 2.94. The number of benzene rings is 1. The maximum atomic E-state index is 9.33. The Hall–Kier alpha value is -1.18. The highest BCUT2D eigenvalue weighted by Gasteiger charge is 2.02. The van der Waals surface area contributed by atoms with E-state index in [0.717, 1.165) is 18.4 Å². The molecule has 0 aliphatic carbocycles. The highest BCUT2D eigenvalue weighted by atomic mass is 16.3. The molecule has 0 fully saturated rings. The molecule has 0 radical (unpaired) electrons. The zero-order valence-corrected chi connectivity index (χ0v) is 17.2. The van der Waals surface area contributed by atoms with Crippen molar-refractivity contribution < 1.29 is 5.11 Å². The van der Waals surface area contributed by atoms with E-state index in [1.165, 1.54) is 77.0 Å². The van der Waals surface area contributed by atoms with Crippen LogP contribution in [-0.2, 0) is 6.42 Å². The number of anilines is 1. The van der Waals surface area contributed by atoms with E-state index in [2.05, 4.69) is 20.8 Å². The third-order valence-electron chi connectivity index (χ3n) is 4.68. The molecule has 1 rings (SSSR count). The molecular weight excluding hydrogens is 306 g/mol. The minimum Gasteiger partial charge on any atom is -0.506 e. The van der Waals surface area contributed by atoms with Gasteiger partial charge < -0.3 is 10.8 Å². The van der Waals surface area contributed by atoms with Crippen LogP contribution in [0.3, 0.4) is 0 Å². The zero-order valence-electron chi connectivity index (χ0n) is 17.2. The molecule has 0 aliphatic rings. The van der Waals surface area contributed by atoms with Crippen LogP contribution in [0.5, 0.6) is 5.75 Å². The molecule has 0 aliphatic heterocycles. The summed E-state index contributed by atoms with van der Waals surface area (Å²) in [6.45, 7) is 6.73. The van der Waals surface area contributed by atoms with Crippen LogP contribution >= 0.6 is 0 Å². The number of aryl methyl sites for hydroxylation is 1. The van der Waals surface area contributed by atoms with Gasteiger partial charge >= 0.3 is 0 Å². The van der Waals surface area contributed by atoms with Crippen LogP contribution in [-0.4, -0.2) is 5.11 Å². The summed E-state index contributed by atoms with van der Waals surface area (Å²) in [6.07, 6.45) is 19.0. The molecule has 0 amide bonds. The largest absolute Gasteiger partial charge is 0.506 e. The molecule has 146 valence electrons. The zero-order chi connectivity index (χ0) is 18.8. The van der Waals surface area contributed by atoms with Crippen molar-refractivity contribution in [3.05, 3.63) is 23.8 Å². The van der Waals surface area contributed by atoms with Crippen molar-refractivity contribution in [2.24, 2.45) is 0 Å². The number of nitrogens with two attached hydrogens (primary N) is 1. The molecular formula is C23H43NO. The highest BCUT2D eigenvalue weighted by molar-refractivity contribution is 5.57. The molecule has 0 heterocycles. The number of phenols is 1. The molecule has 0 unspecified atom stereocenters. The molecule has 0 saturated heterocycles. The predicted molar refractivity (Wildman–Crippen MR) is 113 cm³/mol. The molecule has 0 atom stereocenters. The maximum absolute atomic E-state index is 9.33. The molecule has 25 heavy (non-hydrogen) atoms. The van der Waals surface area contributed by atoms with Crippen molar-refractivity contribution in [1.82, 2.24) is 0 Å². The summed E-state index contributed by atoms with van der Waals surface area (Å²) in [5, 5.41) is 9.33. The van der Waals surface area contributed by atoms with Crippen LogP contribution in [0.15, 0.2) is 18.2 Å². The third kappa shape index (κ3) is 13.8. The Kier molecular flexibility index (Phi) is 16.8. The Morgan fingerprint density at radius 1 is 0.680 bits per heavy atom. The van der Waals surface area contributed by atoms with E-state index < -0.39 is 0 Å². The van der Waals surface area contributed by atoms with Crippen LogP contribution in [0, 0.1) is 0 Å². The van der Waals surface area contributed by atoms with Gasteiger partial charge in [0, 0.05) is 0 Å². The van der Waals surface area contributed by atoms with Gasteiger partial charge in [-0.3, -0.25) is 0 Å². The summed E-state index contributed by atoms with van der Waals surface area (Å²) in [4.78, 5) is 0. The second-order valence-electron chi connectivity index (χ2n) is 7.14. The van der Waals surface area contributed by atoms with Gasteiger partial charge in [0.05, 0.1) is 5.69 Å². The number of hydrogen-bond donors (Lipinski definition) is 2. The molecule has 2 nitrogen and oxygen atoms in total. The first kappa shape index (κ1) is 23.8. The van der Waals surface area contributed by atoms with Gasteiger partial charge in [-0.05, 0) is 24.5 Å². The Morgan fingerprint density at radius 2 is 1.12 bits per heavy atom. The number of nitrogen functional groups attached to an aromatic ring is 1. The fraction of sp³-hybridized carbons (Fsp3) is 0.739. The highest BCUT2D eigenvalue weighted by Crippen LogP contribution is 2.24. The van der Waals surface area contributed by atoms with Crippen molar-refractivity contribution >= 4 is 5.69 Å². The van der Waals surface area contributed by atoms with Crippen LogP contribution in [0.25, 0.3) is 0 Å². The lowest BCUT2D eigenvalue weighted by Gasteiger charge is -2.06. The summed E-state index contributed by atoms with van der Waals surface area (Å²) in [7, 11) is 0. The standard InChI is InChI=1S/C12H26.C11H17NO/c1-3-5-7-9-11-12-10-8-6-4-2;1-2-3-4-6-9-7-5-8-10(13)11(9)12/h3-12H2,1-2H3;5,7-8,13H,2-4,6,12H2,1H3. The second-order valence-corrected chi connectivity index (χ2v) is 7.14. The van der Waals surface area contributed by atoms with Crippen molar-refractivity contribution in [3.8, 4) is 5.75 Å². The molecule has 2 heteroatoms. The minimum atomic E-state index is 0.203. The van der Waals surface area contributed by atoms with E-state index in [4.69, 9.17) is 5.73 Å². The van der Waals surface area contributed by atoms with Crippen molar-refractivity contribution in [2.45, 2.75) is 111 Å². The number of aromatic hydroxyl groups is 1. The monoisotopic (exact) mass is 349 g/mol. The van der Waals surface area contributed by atoms with Crippen molar-refractivity contribution in [2.75, 3.05) is 5.73 Å². The first-order valence-corrected chi connectivity index (χ1v) is 10.7. The van der Waals surface area contributed by atoms with Gasteiger partial charge in [0.2, 0.25) is 0 Å². The summed E-state index contributed by atoms with van der Waals surface area (Å²) < 4.78 is 0. The summed E-state index contributed by atoms with van der Waals surface area (Å²) in [5.41, 5.74) is 7.32. The Labute approximate surface area is 157 Å². The van der Waals surface area contributed by atoms with E-state index in [1.807, 2.05) is 12.1 Å². The number of phenolic OH excluding ortho intramolecular Hbond substituents is 1. The first-order valence-electron chi connectivity index (χ1n) is 10.7. The van der Waals surface area contributed by atoms with Gasteiger partial charge in [-0.15, -0.1) is 0 Å². The van der Waals surface area contributed by atoms with Crippen LogP contribution in [0.1, 0.15) is 110 Å². The molecule has 0 aromatic heterocycles. The third-order valence-corrected chi connectivity index (χ3v) is 4.68. The topological polar surface area (TPSA) is 46.2 Å². The SMILES string of the molecule is CCCCCCCCCCCC.CCCCCc1cccc(O)c1N. The summed E-state index contributed by atoms with van der Waals surface area (Å²) in [6, 6.07) is 5.44. The normalized spacial score (nSPS) is 10.4. The lowest BCUT2D eigenvalue weighted by molar-refractivity contribution is 0.477. The Balaban J connectivity index is 0.000000463. The molecule has 1 aromatic rings. The van der Waals surface area contributed by atoms with Crippen LogP contribution < -0.4 is 5.73 Å². The lowest BCUT2D eigenvalue weighted by Crippen LogP contribution is -1.94. The van der Waals surface area contributed by atoms with E-state index in [9.17, 15) is 5.11 Å². The number of rotatable bonds is 13.